The smallest absolute Gasteiger partial charge is 0.305 e. The number of amides is 1. The number of rotatable bonds is 5. The molecular weight excluding hydrogens is 306 g/mol. The largest absolute Gasteiger partial charge is 0.481 e. The van der Waals surface area contributed by atoms with Gasteiger partial charge in [-0.05, 0) is 37.5 Å². The molecule has 1 fully saturated rings. The first-order valence-corrected chi connectivity index (χ1v) is 7.68. The molecule has 1 amide bonds. The zero-order valence-electron chi connectivity index (χ0n) is 12.5. The lowest BCUT2D eigenvalue weighted by atomic mass is 9.73. The van der Waals surface area contributed by atoms with Gasteiger partial charge in [0.05, 0.1) is 11.8 Å². The number of hydrogen-bond donors (Lipinski definition) is 2. The lowest BCUT2D eigenvalue weighted by Crippen LogP contribution is -2.50. The van der Waals surface area contributed by atoms with Crippen LogP contribution >= 0.6 is 11.6 Å². The SMILES string of the molecule is CC(CC(=O)O)NC(=O)C1(c2ccc(Cl)cc2)CCOCC1. The Bertz CT molecular complexity index is 538. The van der Waals surface area contributed by atoms with Crippen molar-refractivity contribution in [3.8, 4) is 0 Å². The second-order valence-electron chi connectivity index (χ2n) is 5.67. The molecule has 1 aromatic carbocycles. The van der Waals surface area contributed by atoms with Crippen molar-refractivity contribution in [2.24, 2.45) is 0 Å². The molecule has 5 nitrogen and oxygen atoms in total. The minimum absolute atomic E-state index is 0.0983. The fraction of sp³-hybridized carbons (Fsp3) is 0.500. The van der Waals surface area contributed by atoms with Crippen molar-refractivity contribution >= 4 is 23.5 Å². The average Bonchev–Trinajstić information content (AvgIpc) is 2.47. The van der Waals surface area contributed by atoms with Crippen molar-refractivity contribution < 1.29 is 19.4 Å². The Morgan fingerprint density at radius 3 is 2.45 bits per heavy atom. The van der Waals surface area contributed by atoms with Crippen molar-refractivity contribution in [1.29, 1.82) is 0 Å². The summed E-state index contributed by atoms with van der Waals surface area (Å²) in [4.78, 5) is 23.6. The number of carbonyl (C=O) groups excluding carboxylic acids is 1. The highest BCUT2D eigenvalue weighted by molar-refractivity contribution is 6.30. The number of benzene rings is 1. The molecule has 2 rings (SSSR count). The molecule has 1 aliphatic heterocycles. The summed E-state index contributed by atoms with van der Waals surface area (Å²) in [6.07, 6.45) is 1.04. The van der Waals surface area contributed by atoms with Gasteiger partial charge in [-0.3, -0.25) is 9.59 Å². The number of hydrogen-bond acceptors (Lipinski definition) is 3. The summed E-state index contributed by atoms with van der Waals surface area (Å²) in [5.74, 6) is -1.08. The Labute approximate surface area is 134 Å². The van der Waals surface area contributed by atoms with E-state index in [2.05, 4.69) is 5.32 Å². The van der Waals surface area contributed by atoms with E-state index in [9.17, 15) is 9.59 Å². The van der Waals surface area contributed by atoms with E-state index in [1.165, 1.54) is 0 Å². The van der Waals surface area contributed by atoms with E-state index in [0.717, 1.165) is 5.56 Å². The van der Waals surface area contributed by atoms with Crippen LogP contribution in [0.4, 0.5) is 0 Å². The van der Waals surface area contributed by atoms with Gasteiger partial charge in [-0.2, -0.15) is 0 Å². The van der Waals surface area contributed by atoms with Gasteiger partial charge in [-0.15, -0.1) is 0 Å². The summed E-state index contributed by atoms with van der Waals surface area (Å²) in [6.45, 7) is 2.70. The summed E-state index contributed by atoms with van der Waals surface area (Å²) in [6, 6.07) is 6.82. The van der Waals surface area contributed by atoms with Crippen LogP contribution in [0.1, 0.15) is 31.7 Å². The third kappa shape index (κ3) is 3.78. The molecule has 22 heavy (non-hydrogen) atoms. The van der Waals surface area contributed by atoms with Crippen molar-refractivity contribution in [3.05, 3.63) is 34.9 Å². The van der Waals surface area contributed by atoms with Crippen LogP contribution in [-0.4, -0.2) is 36.2 Å². The number of aliphatic carboxylic acids is 1. The summed E-state index contributed by atoms with van der Waals surface area (Å²) in [5.41, 5.74) is 0.204. The van der Waals surface area contributed by atoms with E-state index in [-0.39, 0.29) is 12.3 Å². The van der Waals surface area contributed by atoms with Gasteiger partial charge in [0.2, 0.25) is 5.91 Å². The molecular formula is C16H20ClNO4. The molecule has 1 atom stereocenters. The molecule has 6 heteroatoms. The summed E-state index contributed by atoms with van der Waals surface area (Å²) in [5, 5.41) is 12.3. The molecule has 0 radical (unpaired) electrons. The summed E-state index contributed by atoms with van der Waals surface area (Å²) in [7, 11) is 0. The van der Waals surface area contributed by atoms with Crippen LogP contribution in [0, 0.1) is 0 Å². The Kier molecular flexibility index (Phi) is 5.42. The molecule has 1 unspecified atom stereocenters. The van der Waals surface area contributed by atoms with Crippen LogP contribution in [0.15, 0.2) is 24.3 Å². The molecule has 1 heterocycles. The highest BCUT2D eigenvalue weighted by Crippen LogP contribution is 2.36. The number of nitrogens with one attached hydrogen (secondary N) is 1. The van der Waals surface area contributed by atoms with Gasteiger partial charge in [-0.1, -0.05) is 23.7 Å². The maximum Gasteiger partial charge on any atom is 0.305 e. The normalized spacial score (nSPS) is 18.5. The van der Waals surface area contributed by atoms with Gasteiger partial charge < -0.3 is 15.2 Å². The standard InChI is InChI=1S/C16H20ClNO4/c1-11(10-14(19)20)18-15(21)16(6-8-22-9-7-16)12-2-4-13(17)5-3-12/h2-5,11H,6-10H2,1H3,(H,18,21)(H,19,20). The summed E-state index contributed by atoms with van der Waals surface area (Å²) >= 11 is 5.93. The third-order valence-corrected chi connectivity index (χ3v) is 4.29. The van der Waals surface area contributed by atoms with E-state index in [1.807, 2.05) is 12.1 Å². The van der Waals surface area contributed by atoms with E-state index >= 15 is 0 Å². The fourth-order valence-electron chi connectivity index (χ4n) is 2.81. The van der Waals surface area contributed by atoms with Crippen LogP contribution in [0.5, 0.6) is 0 Å². The first kappa shape index (κ1) is 16.8. The molecule has 0 saturated carbocycles. The topological polar surface area (TPSA) is 75.6 Å². The first-order valence-electron chi connectivity index (χ1n) is 7.30. The predicted molar refractivity (Wildman–Crippen MR) is 83.0 cm³/mol. The van der Waals surface area contributed by atoms with E-state index in [4.69, 9.17) is 21.4 Å². The number of carboxylic acids is 1. The highest BCUT2D eigenvalue weighted by Gasteiger charge is 2.42. The Balaban J connectivity index is 2.23. The fourth-order valence-corrected chi connectivity index (χ4v) is 2.94. The van der Waals surface area contributed by atoms with Crippen LogP contribution < -0.4 is 5.32 Å². The maximum absolute atomic E-state index is 12.8. The Morgan fingerprint density at radius 2 is 1.91 bits per heavy atom. The molecule has 0 aliphatic carbocycles. The van der Waals surface area contributed by atoms with Crippen LogP contribution in [-0.2, 0) is 19.7 Å². The van der Waals surface area contributed by atoms with E-state index < -0.39 is 17.4 Å². The number of carbonyl (C=O) groups is 2. The number of ether oxygens (including phenoxy) is 1. The van der Waals surface area contributed by atoms with Crippen molar-refractivity contribution in [1.82, 2.24) is 5.32 Å². The van der Waals surface area contributed by atoms with Gasteiger partial charge in [0.15, 0.2) is 0 Å². The van der Waals surface area contributed by atoms with Gasteiger partial charge in [-0.25, -0.2) is 0 Å². The first-order chi connectivity index (χ1) is 10.4. The van der Waals surface area contributed by atoms with E-state index in [0.29, 0.717) is 31.1 Å². The van der Waals surface area contributed by atoms with Crippen molar-refractivity contribution in [3.63, 3.8) is 0 Å². The molecule has 0 spiro atoms. The second-order valence-corrected chi connectivity index (χ2v) is 6.11. The summed E-state index contributed by atoms with van der Waals surface area (Å²) < 4.78 is 5.39. The molecule has 0 aromatic heterocycles. The molecule has 2 N–H and O–H groups in total. The molecule has 1 saturated heterocycles. The molecule has 120 valence electrons. The van der Waals surface area contributed by atoms with Crippen molar-refractivity contribution in [2.75, 3.05) is 13.2 Å². The average molecular weight is 326 g/mol. The Morgan fingerprint density at radius 1 is 1.32 bits per heavy atom. The lowest BCUT2D eigenvalue weighted by Gasteiger charge is -2.37. The second kappa shape index (κ2) is 7.11. The monoisotopic (exact) mass is 325 g/mol. The van der Waals surface area contributed by atoms with E-state index in [1.54, 1.807) is 19.1 Å². The van der Waals surface area contributed by atoms with Crippen molar-refractivity contribution in [2.45, 2.75) is 37.6 Å². The lowest BCUT2D eigenvalue weighted by molar-refractivity contribution is -0.138. The van der Waals surface area contributed by atoms with Crippen LogP contribution in [0.3, 0.4) is 0 Å². The third-order valence-electron chi connectivity index (χ3n) is 4.04. The number of halogens is 1. The zero-order chi connectivity index (χ0) is 16.2. The maximum atomic E-state index is 12.8. The minimum atomic E-state index is -0.930. The molecule has 1 aliphatic rings. The van der Waals surface area contributed by atoms with Crippen LogP contribution in [0.2, 0.25) is 5.02 Å². The molecule has 1 aromatic rings. The minimum Gasteiger partial charge on any atom is -0.481 e. The predicted octanol–water partition coefficient (Wildman–Crippen LogP) is 2.37. The zero-order valence-corrected chi connectivity index (χ0v) is 13.2. The number of carboxylic acid groups (broad SMARTS) is 1. The van der Waals surface area contributed by atoms with Gasteiger partial charge in [0.1, 0.15) is 0 Å². The van der Waals surface area contributed by atoms with Gasteiger partial charge in [0.25, 0.3) is 0 Å². The highest BCUT2D eigenvalue weighted by atomic mass is 35.5. The quantitative estimate of drug-likeness (QED) is 0.871. The molecule has 0 bridgehead atoms. The van der Waals surface area contributed by atoms with Gasteiger partial charge in [0, 0.05) is 24.3 Å². The Hall–Kier alpha value is -1.59. The van der Waals surface area contributed by atoms with Crippen LogP contribution in [0.25, 0.3) is 0 Å². The van der Waals surface area contributed by atoms with Gasteiger partial charge >= 0.3 is 5.97 Å².